The Morgan fingerprint density at radius 3 is 2.59 bits per heavy atom. The molecule has 0 aliphatic carbocycles. The van der Waals surface area contributed by atoms with Gasteiger partial charge in [0.15, 0.2) is 5.82 Å². The van der Waals surface area contributed by atoms with Gasteiger partial charge in [0.2, 0.25) is 0 Å². The van der Waals surface area contributed by atoms with Crippen molar-refractivity contribution in [1.29, 1.82) is 0 Å². The number of hydrogen-bond donors (Lipinski definition) is 2. The van der Waals surface area contributed by atoms with Gasteiger partial charge in [-0.3, -0.25) is 0 Å². The molecule has 0 saturated carbocycles. The molecule has 0 radical (unpaired) electrons. The molecular formula is C16H16ClFN2O2. The van der Waals surface area contributed by atoms with E-state index in [0.29, 0.717) is 6.54 Å². The van der Waals surface area contributed by atoms with Gasteiger partial charge in [-0.2, -0.15) is 0 Å². The van der Waals surface area contributed by atoms with Crippen LogP contribution in [0.25, 0.3) is 0 Å². The monoisotopic (exact) mass is 322 g/mol. The van der Waals surface area contributed by atoms with Gasteiger partial charge in [-0.15, -0.1) is 0 Å². The summed E-state index contributed by atoms with van der Waals surface area (Å²) in [5, 5.41) is 11.5. The van der Waals surface area contributed by atoms with E-state index in [2.05, 4.69) is 5.32 Å². The zero-order valence-corrected chi connectivity index (χ0v) is 12.6. The molecule has 0 heterocycles. The highest BCUT2D eigenvalue weighted by Gasteiger charge is 2.16. The van der Waals surface area contributed by atoms with Gasteiger partial charge in [0.25, 0.3) is 0 Å². The minimum Gasteiger partial charge on any atom is -0.395 e. The second kappa shape index (κ2) is 7.77. The Morgan fingerprint density at radius 1 is 1.18 bits per heavy atom. The maximum Gasteiger partial charge on any atom is 0.322 e. The van der Waals surface area contributed by atoms with Crippen LogP contribution in [-0.4, -0.2) is 29.2 Å². The zero-order chi connectivity index (χ0) is 15.9. The molecule has 0 saturated heterocycles. The number of halogens is 2. The number of carbonyl (C=O) groups excluding carboxylic acids is 1. The molecule has 0 bridgehead atoms. The van der Waals surface area contributed by atoms with E-state index in [-0.39, 0.29) is 23.9 Å². The lowest BCUT2D eigenvalue weighted by Gasteiger charge is -2.22. The molecule has 6 heteroatoms. The summed E-state index contributed by atoms with van der Waals surface area (Å²) in [4.78, 5) is 13.7. The number of urea groups is 1. The molecule has 0 aromatic heterocycles. The van der Waals surface area contributed by atoms with Crippen molar-refractivity contribution < 1.29 is 14.3 Å². The van der Waals surface area contributed by atoms with E-state index in [1.165, 1.54) is 17.0 Å². The second-order valence-electron chi connectivity index (χ2n) is 4.66. The van der Waals surface area contributed by atoms with Crippen molar-refractivity contribution in [2.75, 3.05) is 18.5 Å². The fraction of sp³-hybridized carbons (Fsp3) is 0.188. The average molecular weight is 323 g/mol. The smallest absolute Gasteiger partial charge is 0.322 e. The quantitative estimate of drug-likeness (QED) is 0.885. The molecule has 0 spiro atoms. The summed E-state index contributed by atoms with van der Waals surface area (Å²) in [6, 6.07) is 13.2. The zero-order valence-electron chi connectivity index (χ0n) is 11.8. The van der Waals surface area contributed by atoms with E-state index in [0.717, 1.165) is 5.56 Å². The van der Waals surface area contributed by atoms with Crippen LogP contribution in [0.1, 0.15) is 5.56 Å². The third kappa shape index (κ3) is 4.19. The lowest BCUT2D eigenvalue weighted by molar-refractivity contribution is 0.185. The summed E-state index contributed by atoms with van der Waals surface area (Å²) >= 11 is 5.69. The number of anilines is 1. The van der Waals surface area contributed by atoms with Crippen LogP contribution in [0.4, 0.5) is 14.9 Å². The van der Waals surface area contributed by atoms with E-state index < -0.39 is 11.8 Å². The van der Waals surface area contributed by atoms with E-state index in [4.69, 9.17) is 16.7 Å². The number of rotatable bonds is 5. The standard InChI is InChI=1S/C16H16ClFN2O2/c17-13-7-4-8-14(15(13)18)19-16(22)20(9-10-21)11-12-5-2-1-3-6-12/h1-8,21H,9-11H2,(H,19,22). The van der Waals surface area contributed by atoms with E-state index in [9.17, 15) is 9.18 Å². The van der Waals surface area contributed by atoms with E-state index >= 15 is 0 Å². The maximum atomic E-state index is 13.8. The molecule has 0 aliphatic rings. The van der Waals surface area contributed by atoms with E-state index in [1.54, 1.807) is 6.07 Å². The van der Waals surface area contributed by atoms with Crippen molar-refractivity contribution in [3.63, 3.8) is 0 Å². The number of aliphatic hydroxyl groups excluding tert-OH is 1. The highest BCUT2D eigenvalue weighted by molar-refractivity contribution is 6.31. The molecule has 2 aromatic carbocycles. The number of hydrogen-bond acceptors (Lipinski definition) is 2. The van der Waals surface area contributed by atoms with Crippen LogP contribution in [0, 0.1) is 5.82 Å². The first-order valence-corrected chi connectivity index (χ1v) is 7.14. The second-order valence-corrected chi connectivity index (χ2v) is 5.07. The van der Waals surface area contributed by atoms with Crippen molar-refractivity contribution in [1.82, 2.24) is 4.90 Å². The Kier molecular flexibility index (Phi) is 5.75. The minimum atomic E-state index is -0.679. The molecular weight excluding hydrogens is 307 g/mol. The van der Waals surface area contributed by atoms with Crippen LogP contribution in [0.2, 0.25) is 5.02 Å². The van der Waals surface area contributed by atoms with Gasteiger partial charge in [-0.25, -0.2) is 9.18 Å². The third-order valence-electron chi connectivity index (χ3n) is 3.07. The summed E-state index contributed by atoms with van der Waals surface area (Å²) in [5.41, 5.74) is 0.922. The van der Waals surface area contributed by atoms with Crippen LogP contribution < -0.4 is 5.32 Å². The van der Waals surface area contributed by atoms with Crippen molar-refractivity contribution in [2.24, 2.45) is 0 Å². The molecule has 2 N–H and O–H groups in total. The predicted molar refractivity (Wildman–Crippen MR) is 84.4 cm³/mol. The van der Waals surface area contributed by atoms with Crippen LogP contribution >= 0.6 is 11.6 Å². The summed E-state index contributed by atoms with van der Waals surface area (Å²) in [6.45, 7) is 0.274. The van der Waals surface area contributed by atoms with Gasteiger partial charge in [-0.05, 0) is 17.7 Å². The van der Waals surface area contributed by atoms with Crippen molar-refractivity contribution in [2.45, 2.75) is 6.54 Å². The fourth-order valence-electron chi connectivity index (χ4n) is 1.97. The molecule has 2 rings (SSSR count). The number of carbonyl (C=O) groups is 1. The Bertz CT molecular complexity index is 637. The van der Waals surface area contributed by atoms with Crippen LogP contribution in [-0.2, 0) is 6.54 Å². The van der Waals surface area contributed by atoms with Gasteiger partial charge < -0.3 is 15.3 Å². The number of aliphatic hydroxyl groups is 1. The molecule has 0 aliphatic heterocycles. The van der Waals surface area contributed by atoms with Crippen molar-refractivity contribution >= 4 is 23.3 Å². The molecule has 2 aromatic rings. The molecule has 0 unspecified atom stereocenters. The van der Waals surface area contributed by atoms with Crippen LogP contribution in [0.5, 0.6) is 0 Å². The first kappa shape index (κ1) is 16.3. The van der Waals surface area contributed by atoms with Crippen molar-refractivity contribution in [3.8, 4) is 0 Å². The largest absolute Gasteiger partial charge is 0.395 e. The van der Waals surface area contributed by atoms with E-state index in [1.807, 2.05) is 30.3 Å². The van der Waals surface area contributed by atoms with Gasteiger partial charge >= 0.3 is 6.03 Å². The minimum absolute atomic E-state index is 0.00787. The summed E-state index contributed by atoms with van der Waals surface area (Å²) < 4.78 is 13.8. The Balaban J connectivity index is 2.11. The van der Waals surface area contributed by atoms with Crippen molar-refractivity contribution in [3.05, 3.63) is 64.9 Å². The highest BCUT2D eigenvalue weighted by Crippen LogP contribution is 2.22. The summed E-state index contributed by atoms with van der Waals surface area (Å²) in [6.07, 6.45) is 0. The number of amides is 2. The summed E-state index contributed by atoms with van der Waals surface area (Å²) in [5.74, 6) is -0.679. The normalized spacial score (nSPS) is 10.3. The third-order valence-corrected chi connectivity index (χ3v) is 3.36. The van der Waals surface area contributed by atoms with Gasteiger partial charge in [0, 0.05) is 13.1 Å². The molecule has 116 valence electrons. The number of nitrogens with one attached hydrogen (secondary N) is 1. The predicted octanol–water partition coefficient (Wildman–Crippen LogP) is 3.51. The van der Waals surface area contributed by atoms with Gasteiger partial charge in [-0.1, -0.05) is 48.0 Å². The molecule has 0 fully saturated rings. The SMILES string of the molecule is O=C(Nc1cccc(Cl)c1F)N(CCO)Cc1ccccc1. The number of benzene rings is 2. The molecule has 2 amide bonds. The first-order chi connectivity index (χ1) is 10.6. The Hall–Kier alpha value is -2.11. The molecule has 4 nitrogen and oxygen atoms in total. The molecule has 22 heavy (non-hydrogen) atoms. The summed E-state index contributed by atoms with van der Waals surface area (Å²) in [7, 11) is 0. The van der Waals surface area contributed by atoms with Gasteiger partial charge in [0.1, 0.15) is 0 Å². The Morgan fingerprint density at radius 2 is 1.91 bits per heavy atom. The average Bonchev–Trinajstić information content (AvgIpc) is 2.52. The van der Waals surface area contributed by atoms with Crippen LogP contribution in [0.3, 0.4) is 0 Å². The first-order valence-electron chi connectivity index (χ1n) is 6.76. The lowest BCUT2D eigenvalue weighted by atomic mass is 10.2. The number of nitrogens with zero attached hydrogens (tertiary/aromatic N) is 1. The lowest BCUT2D eigenvalue weighted by Crippen LogP contribution is -2.36. The topological polar surface area (TPSA) is 52.6 Å². The Labute approximate surface area is 133 Å². The van der Waals surface area contributed by atoms with Gasteiger partial charge in [0.05, 0.1) is 17.3 Å². The molecule has 0 atom stereocenters. The fourth-order valence-corrected chi connectivity index (χ4v) is 2.15. The van der Waals surface area contributed by atoms with Crippen LogP contribution in [0.15, 0.2) is 48.5 Å². The maximum absolute atomic E-state index is 13.8. The highest BCUT2D eigenvalue weighted by atomic mass is 35.5.